The maximum atomic E-state index is 13.4. The van der Waals surface area contributed by atoms with Crippen LogP contribution in [-0.4, -0.2) is 43.6 Å². The monoisotopic (exact) mass is 294 g/mol. The standard InChI is InChI=1S/C16H23FN2O2/c1-12-7-8-18-14(11-12)16(20)19(2)9-10-21-15-6-4-3-5-13(15)17/h3-6,12,14,18H,7-11H2,1-2H3. The topological polar surface area (TPSA) is 41.6 Å². The van der Waals surface area contributed by atoms with Gasteiger partial charge in [-0.3, -0.25) is 4.79 Å². The average Bonchev–Trinajstić information content (AvgIpc) is 2.48. The van der Waals surface area contributed by atoms with E-state index in [1.807, 2.05) is 0 Å². The summed E-state index contributed by atoms with van der Waals surface area (Å²) >= 11 is 0. The zero-order valence-electron chi connectivity index (χ0n) is 12.6. The summed E-state index contributed by atoms with van der Waals surface area (Å²) in [7, 11) is 1.76. The van der Waals surface area contributed by atoms with Gasteiger partial charge in [0, 0.05) is 7.05 Å². The maximum Gasteiger partial charge on any atom is 0.239 e. The molecule has 21 heavy (non-hydrogen) atoms. The van der Waals surface area contributed by atoms with Gasteiger partial charge in [0.15, 0.2) is 11.6 Å². The van der Waals surface area contributed by atoms with E-state index in [9.17, 15) is 9.18 Å². The first-order valence-corrected chi connectivity index (χ1v) is 7.43. The van der Waals surface area contributed by atoms with Crippen molar-refractivity contribution in [3.8, 4) is 5.75 Å². The van der Waals surface area contributed by atoms with Crippen LogP contribution in [0.15, 0.2) is 24.3 Å². The SMILES string of the molecule is CC1CCNC(C(=O)N(C)CCOc2ccccc2F)C1. The van der Waals surface area contributed by atoms with Gasteiger partial charge in [0.25, 0.3) is 0 Å². The van der Waals surface area contributed by atoms with Crippen LogP contribution < -0.4 is 10.1 Å². The molecule has 0 aliphatic carbocycles. The number of halogens is 1. The second-order valence-electron chi connectivity index (χ2n) is 5.67. The van der Waals surface area contributed by atoms with Gasteiger partial charge in [-0.25, -0.2) is 4.39 Å². The highest BCUT2D eigenvalue weighted by atomic mass is 19.1. The molecule has 1 fully saturated rings. The van der Waals surface area contributed by atoms with Crippen LogP contribution in [0.1, 0.15) is 19.8 Å². The summed E-state index contributed by atoms with van der Waals surface area (Å²) in [6.07, 6.45) is 1.99. The average molecular weight is 294 g/mol. The van der Waals surface area contributed by atoms with Crippen LogP contribution in [0, 0.1) is 11.7 Å². The largest absolute Gasteiger partial charge is 0.489 e. The molecule has 0 saturated carbocycles. The highest BCUT2D eigenvalue weighted by Crippen LogP contribution is 2.17. The molecule has 0 bridgehead atoms. The van der Waals surface area contributed by atoms with Gasteiger partial charge in [0.1, 0.15) is 6.61 Å². The zero-order chi connectivity index (χ0) is 15.2. The van der Waals surface area contributed by atoms with Gasteiger partial charge in [0.2, 0.25) is 5.91 Å². The van der Waals surface area contributed by atoms with Crippen molar-refractivity contribution in [1.29, 1.82) is 0 Å². The van der Waals surface area contributed by atoms with Crippen molar-refractivity contribution in [3.05, 3.63) is 30.1 Å². The summed E-state index contributed by atoms with van der Waals surface area (Å²) in [5.74, 6) is 0.499. The van der Waals surface area contributed by atoms with Crippen molar-refractivity contribution in [2.75, 3.05) is 26.7 Å². The van der Waals surface area contributed by atoms with Crippen LogP contribution in [0.3, 0.4) is 0 Å². The summed E-state index contributed by atoms with van der Waals surface area (Å²) in [5, 5.41) is 3.26. The molecule has 2 unspecified atom stereocenters. The molecule has 0 aromatic heterocycles. The highest BCUT2D eigenvalue weighted by molar-refractivity contribution is 5.81. The summed E-state index contributed by atoms with van der Waals surface area (Å²) in [5.41, 5.74) is 0. The number of amides is 1. The third kappa shape index (κ3) is 4.43. The van der Waals surface area contributed by atoms with E-state index < -0.39 is 0 Å². The number of para-hydroxylation sites is 1. The van der Waals surface area contributed by atoms with Crippen LogP contribution in [-0.2, 0) is 4.79 Å². The molecule has 0 spiro atoms. The smallest absolute Gasteiger partial charge is 0.239 e. The summed E-state index contributed by atoms with van der Waals surface area (Å²) < 4.78 is 18.8. The van der Waals surface area contributed by atoms with Crippen molar-refractivity contribution in [3.63, 3.8) is 0 Å². The Bertz CT molecular complexity index is 481. The van der Waals surface area contributed by atoms with E-state index in [1.54, 1.807) is 30.1 Å². The second-order valence-corrected chi connectivity index (χ2v) is 5.67. The Balaban J connectivity index is 1.77. The molecular formula is C16H23FN2O2. The molecule has 0 radical (unpaired) electrons. The molecule has 1 heterocycles. The number of carbonyl (C=O) groups is 1. The minimum absolute atomic E-state index is 0.0821. The van der Waals surface area contributed by atoms with E-state index in [1.165, 1.54) is 6.07 Å². The molecule has 1 amide bonds. The zero-order valence-corrected chi connectivity index (χ0v) is 12.6. The molecule has 2 atom stereocenters. The number of benzene rings is 1. The lowest BCUT2D eigenvalue weighted by molar-refractivity contribution is -0.133. The molecule has 1 aromatic carbocycles. The van der Waals surface area contributed by atoms with E-state index >= 15 is 0 Å². The normalized spacial score (nSPS) is 21.9. The molecular weight excluding hydrogens is 271 g/mol. The lowest BCUT2D eigenvalue weighted by Crippen LogP contribution is -2.49. The van der Waals surface area contributed by atoms with E-state index in [0.29, 0.717) is 12.5 Å². The second kappa shape index (κ2) is 7.41. The van der Waals surface area contributed by atoms with E-state index in [0.717, 1.165) is 19.4 Å². The summed E-state index contributed by atoms with van der Waals surface area (Å²) in [4.78, 5) is 13.9. The Morgan fingerprint density at radius 3 is 2.95 bits per heavy atom. The van der Waals surface area contributed by atoms with E-state index in [2.05, 4.69) is 12.2 Å². The van der Waals surface area contributed by atoms with Crippen LogP contribution in [0.2, 0.25) is 0 Å². The molecule has 1 aliphatic heterocycles. The first-order chi connectivity index (χ1) is 10.1. The molecule has 116 valence electrons. The van der Waals surface area contributed by atoms with Crippen LogP contribution in [0.4, 0.5) is 4.39 Å². The molecule has 5 heteroatoms. The minimum atomic E-state index is -0.380. The third-order valence-electron chi connectivity index (χ3n) is 3.86. The van der Waals surface area contributed by atoms with Gasteiger partial charge in [-0.05, 0) is 37.4 Å². The molecule has 1 N–H and O–H groups in total. The number of likely N-dealkylation sites (N-methyl/N-ethyl adjacent to an activating group) is 1. The number of nitrogens with one attached hydrogen (secondary N) is 1. The Labute approximate surface area is 125 Å². The Kier molecular flexibility index (Phi) is 5.56. The molecule has 1 aromatic rings. The Hall–Kier alpha value is -1.62. The van der Waals surface area contributed by atoms with Gasteiger partial charge in [-0.2, -0.15) is 0 Å². The van der Waals surface area contributed by atoms with Gasteiger partial charge < -0.3 is 15.0 Å². The van der Waals surface area contributed by atoms with Crippen molar-refractivity contribution in [2.24, 2.45) is 5.92 Å². The minimum Gasteiger partial charge on any atom is -0.489 e. The Morgan fingerprint density at radius 1 is 1.48 bits per heavy atom. The van der Waals surface area contributed by atoms with Gasteiger partial charge in [0.05, 0.1) is 12.6 Å². The molecule has 2 rings (SSSR count). The number of hydrogen-bond donors (Lipinski definition) is 1. The summed E-state index contributed by atoms with van der Waals surface area (Å²) in [6, 6.07) is 6.18. The molecule has 4 nitrogen and oxygen atoms in total. The quantitative estimate of drug-likeness (QED) is 0.903. The molecule has 1 aliphatic rings. The van der Waals surface area contributed by atoms with E-state index in [-0.39, 0.29) is 30.1 Å². The summed E-state index contributed by atoms with van der Waals surface area (Å²) in [6.45, 7) is 3.78. The van der Waals surface area contributed by atoms with Crippen LogP contribution in [0.5, 0.6) is 5.75 Å². The van der Waals surface area contributed by atoms with Crippen molar-refractivity contribution < 1.29 is 13.9 Å². The van der Waals surface area contributed by atoms with Crippen molar-refractivity contribution in [2.45, 2.75) is 25.8 Å². The lowest BCUT2D eigenvalue weighted by Gasteiger charge is -2.30. The van der Waals surface area contributed by atoms with E-state index in [4.69, 9.17) is 4.74 Å². The fraction of sp³-hybridized carbons (Fsp3) is 0.562. The fourth-order valence-electron chi connectivity index (χ4n) is 2.53. The fourth-order valence-corrected chi connectivity index (χ4v) is 2.53. The van der Waals surface area contributed by atoms with Crippen LogP contribution in [0.25, 0.3) is 0 Å². The lowest BCUT2D eigenvalue weighted by atomic mass is 9.93. The van der Waals surface area contributed by atoms with Crippen LogP contribution >= 0.6 is 0 Å². The number of nitrogens with zero attached hydrogens (tertiary/aromatic N) is 1. The predicted octanol–water partition coefficient (Wildman–Crippen LogP) is 2.05. The highest BCUT2D eigenvalue weighted by Gasteiger charge is 2.26. The number of carbonyl (C=O) groups excluding carboxylic acids is 1. The van der Waals surface area contributed by atoms with Crippen molar-refractivity contribution >= 4 is 5.91 Å². The van der Waals surface area contributed by atoms with Crippen molar-refractivity contribution in [1.82, 2.24) is 10.2 Å². The number of rotatable bonds is 5. The van der Waals surface area contributed by atoms with Gasteiger partial charge >= 0.3 is 0 Å². The maximum absolute atomic E-state index is 13.4. The number of hydrogen-bond acceptors (Lipinski definition) is 3. The Morgan fingerprint density at radius 2 is 2.24 bits per heavy atom. The molecule has 1 saturated heterocycles. The first-order valence-electron chi connectivity index (χ1n) is 7.43. The van der Waals surface area contributed by atoms with Gasteiger partial charge in [-0.1, -0.05) is 19.1 Å². The van der Waals surface area contributed by atoms with Gasteiger partial charge in [-0.15, -0.1) is 0 Å². The predicted molar refractivity (Wildman–Crippen MR) is 79.7 cm³/mol. The third-order valence-corrected chi connectivity index (χ3v) is 3.86. The number of ether oxygens (including phenoxy) is 1. The number of piperidine rings is 1. The first kappa shape index (κ1) is 15.8.